The fraction of sp³-hybridized carbons (Fsp3) is 0.600. The van der Waals surface area contributed by atoms with Gasteiger partial charge in [0.25, 0.3) is 0 Å². The minimum atomic E-state index is -0.554. The third kappa shape index (κ3) is 7.42. The molecule has 0 fully saturated rings. The van der Waals surface area contributed by atoms with E-state index < -0.39 is 23.2 Å². The van der Waals surface area contributed by atoms with Crippen LogP contribution in [0.4, 0.5) is 0 Å². The maximum Gasteiger partial charge on any atom is -1.00 e. The summed E-state index contributed by atoms with van der Waals surface area (Å²) < 4.78 is 3.66. The van der Waals surface area contributed by atoms with Crippen molar-refractivity contribution in [1.29, 1.82) is 0 Å². The summed E-state index contributed by atoms with van der Waals surface area (Å²) in [6.07, 6.45) is 14.6. The van der Waals surface area contributed by atoms with Crippen LogP contribution in [0.1, 0.15) is 67.2 Å². The van der Waals surface area contributed by atoms with E-state index in [1.165, 1.54) is 25.7 Å². The van der Waals surface area contributed by atoms with E-state index in [1.54, 1.807) is 11.1 Å². The molecule has 0 N–H and O–H groups in total. The molecule has 0 aromatic rings. The quantitative estimate of drug-likeness (QED) is 0.641. The standard InChI is InChI=1S/2C10H15.2FH.Zr/c2*1-10(2,3)8-9-6-4-5-7-9;;;/h2*4,6H,5,8H2,1-3H3;2*1H;/q;;;;+2/p-2. The molecule has 0 saturated heterocycles. The Morgan fingerprint density at radius 3 is 1.39 bits per heavy atom. The van der Waals surface area contributed by atoms with Crippen LogP contribution in [-0.4, -0.2) is 0 Å². The Hall–Kier alpha value is -0.297. The molecule has 0 radical (unpaired) electrons. The van der Waals surface area contributed by atoms with Crippen LogP contribution in [0.15, 0.2) is 42.0 Å². The molecule has 0 atom stereocenters. The van der Waals surface area contributed by atoms with Gasteiger partial charge in [0.1, 0.15) is 0 Å². The third-order valence-corrected chi connectivity index (χ3v) is 7.87. The van der Waals surface area contributed by atoms with Gasteiger partial charge >= 0.3 is 143 Å². The normalized spacial score (nSPS) is 17.3. The first-order valence-corrected chi connectivity index (χ1v) is 10.6. The Labute approximate surface area is 152 Å². The van der Waals surface area contributed by atoms with E-state index in [1.807, 2.05) is 6.56 Å². The summed E-state index contributed by atoms with van der Waals surface area (Å²) in [4.78, 5) is 0. The van der Waals surface area contributed by atoms with Crippen LogP contribution in [0.2, 0.25) is 0 Å². The molecule has 3 heteroatoms. The molecule has 0 spiro atoms. The smallest absolute Gasteiger partial charge is 1.00 e. The average molecular weight is 400 g/mol. The molecule has 0 aliphatic heterocycles. The molecule has 0 amide bonds. The van der Waals surface area contributed by atoms with E-state index in [9.17, 15) is 0 Å². The number of halogens is 2. The monoisotopic (exact) mass is 398 g/mol. The van der Waals surface area contributed by atoms with Crippen molar-refractivity contribution in [3.05, 3.63) is 42.0 Å². The predicted octanol–water partition coefficient (Wildman–Crippen LogP) is 0.377. The first-order chi connectivity index (χ1) is 9.64. The van der Waals surface area contributed by atoms with E-state index >= 15 is 0 Å². The largest absolute Gasteiger partial charge is 1.00 e. The van der Waals surface area contributed by atoms with Gasteiger partial charge in [-0.25, -0.2) is 0 Å². The topological polar surface area (TPSA) is 0 Å². The van der Waals surface area contributed by atoms with Crippen LogP contribution in [0, 0.1) is 10.8 Å². The van der Waals surface area contributed by atoms with Crippen molar-refractivity contribution in [2.24, 2.45) is 10.8 Å². The van der Waals surface area contributed by atoms with Gasteiger partial charge in [0, 0.05) is 0 Å². The second-order valence-corrected chi connectivity index (χ2v) is 12.4. The summed E-state index contributed by atoms with van der Waals surface area (Å²) >= 11 is -0.554. The first-order valence-electron chi connectivity index (χ1n) is 8.18. The van der Waals surface area contributed by atoms with Gasteiger partial charge in [-0.3, -0.25) is 0 Å². The third-order valence-electron chi connectivity index (χ3n) is 3.80. The van der Waals surface area contributed by atoms with Crippen LogP contribution in [-0.2, 0) is 23.2 Å². The van der Waals surface area contributed by atoms with Gasteiger partial charge in [-0.2, -0.15) is 0 Å². The molecular weight excluding hydrogens is 369 g/mol. The van der Waals surface area contributed by atoms with Crippen molar-refractivity contribution in [2.75, 3.05) is 0 Å². The van der Waals surface area contributed by atoms with Gasteiger partial charge < -0.3 is 9.41 Å². The predicted molar refractivity (Wildman–Crippen MR) is 89.7 cm³/mol. The molecule has 0 heterocycles. The Bertz CT molecular complexity index is 475. The average Bonchev–Trinajstić information content (AvgIpc) is 2.86. The van der Waals surface area contributed by atoms with Crippen molar-refractivity contribution in [3.63, 3.8) is 0 Å². The zero-order chi connectivity index (χ0) is 15.7. The van der Waals surface area contributed by atoms with Crippen molar-refractivity contribution in [2.45, 2.75) is 67.2 Å². The Morgan fingerprint density at radius 2 is 1.09 bits per heavy atom. The van der Waals surface area contributed by atoms with E-state index in [0.717, 1.165) is 0 Å². The molecular formula is C20H30F2Zr. The molecule has 23 heavy (non-hydrogen) atoms. The molecule has 0 saturated carbocycles. The molecule has 0 bridgehead atoms. The van der Waals surface area contributed by atoms with Gasteiger partial charge in [0.05, 0.1) is 0 Å². The maximum atomic E-state index is 2.41. The van der Waals surface area contributed by atoms with E-state index in [-0.39, 0.29) is 9.41 Å². The Balaban J connectivity index is 0.00000242. The number of allylic oxidation sites excluding steroid dienone is 8. The van der Waals surface area contributed by atoms with Gasteiger partial charge in [-0.1, -0.05) is 0 Å². The maximum absolute atomic E-state index is 2.41. The van der Waals surface area contributed by atoms with Crippen molar-refractivity contribution >= 4 is 0 Å². The molecule has 2 rings (SSSR count). The summed E-state index contributed by atoms with van der Waals surface area (Å²) in [5, 5.41) is 0. The van der Waals surface area contributed by atoms with Gasteiger partial charge in [-0.05, 0) is 0 Å². The van der Waals surface area contributed by atoms with Crippen LogP contribution >= 0.6 is 0 Å². The summed E-state index contributed by atoms with van der Waals surface area (Å²) in [5.74, 6) is 0. The van der Waals surface area contributed by atoms with Crippen molar-refractivity contribution in [1.82, 2.24) is 0 Å². The van der Waals surface area contributed by atoms with E-state index in [4.69, 9.17) is 0 Å². The Morgan fingerprint density at radius 1 is 0.739 bits per heavy atom. The second kappa shape index (κ2) is 8.70. The minimum absolute atomic E-state index is 0. The SMILES string of the molecule is CC(C)(C)CC1=[C]([Zr+2][C]2=C(CC(C)(C)C)C=CC2)CC=C1.[F-].[F-]. The zero-order valence-corrected chi connectivity index (χ0v) is 17.9. The summed E-state index contributed by atoms with van der Waals surface area (Å²) in [6, 6.07) is 0. The van der Waals surface area contributed by atoms with Crippen molar-refractivity contribution < 1.29 is 32.6 Å². The fourth-order valence-electron chi connectivity index (χ4n) is 3.02. The van der Waals surface area contributed by atoms with E-state index in [2.05, 4.69) is 65.8 Å². The molecule has 2 aliphatic rings. The van der Waals surface area contributed by atoms with E-state index in [0.29, 0.717) is 10.8 Å². The summed E-state index contributed by atoms with van der Waals surface area (Å²) in [5.41, 5.74) is 4.16. The zero-order valence-electron chi connectivity index (χ0n) is 15.4. The molecule has 2 aliphatic carbocycles. The molecule has 0 unspecified atom stereocenters. The fourth-order valence-corrected chi connectivity index (χ4v) is 6.63. The van der Waals surface area contributed by atoms with Crippen LogP contribution in [0.25, 0.3) is 0 Å². The molecule has 0 aromatic carbocycles. The minimum Gasteiger partial charge on any atom is -1.00 e. The number of rotatable bonds is 4. The second-order valence-electron chi connectivity index (χ2n) is 8.82. The summed E-state index contributed by atoms with van der Waals surface area (Å²) in [6.45, 7) is 14.1. The van der Waals surface area contributed by atoms with Crippen LogP contribution in [0.3, 0.4) is 0 Å². The molecule has 0 aromatic heterocycles. The molecule has 0 nitrogen and oxygen atoms in total. The number of hydrogen-bond acceptors (Lipinski definition) is 0. The summed E-state index contributed by atoms with van der Waals surface area (Å²) in [7, 11) is 0. The van der Waals surface area contributed by atoms with Gasteiger partial charge in [-0.15, -0.1) is 0 Å². The molecule has 128 valence electrons. The van der Waals surface area contributed by atoms with Gasteiger partial charge in [0.15, 0.2) is 0 Å². The van der Waals surface area contributed by atoms with Crippen LogP contribution < -0.4 is 9.41 Å². The Kier molecular flexibility index (Phi) is 8.59. The van der Waals surface area contributed by atoms with Crippen LogP contribution in [0.5, 0.6) is 0 Å². The van der Waals surface area contributed by atoms with Gasteiger partial charge in [0.2, 0.25) is 0 Å². The first kappa shape index (κ1) is 22.7. The van der Waals surface area contributed by atoms with Crippen molar-refractivity contribution in [3.8, 4) is 0 Å². The number of hydrogen-bond donors (Lipinski definition) is 0.